The highest BCUT2D eigenvalue weighted by Crippen LogP contribution is 2.13. The van der Waals surface area contributed by atoms with Crippen molar-refractivity contribution in [3.8, 4) is 0 Å². The zero-order valence-corrected chi connectivity index (χ0v) is 9.93. The third-order valence-corrected chi connectivity index (χ3v) is 2.84. The number of carbonyl (C=O) groups excluding carboxylic acids is 1. The number of carbonyl (C=O) groups is 1. The fourth-order valence-corrected chi connectivity index (χ4v) is 1.97. The number of primary amides is 1. The van der Waals surface area contributed by atoms with Crippen molar-refractivity contribution in [1.82, 2.24) is 5.32 Å². The molecule has 1 amide bonds. The van der Waals surface area contributed by atoms with E-state index in [4.69, 9.17) is 10.5 Å². The normalized spacial score (nSPS) is 11.0. The fourth-order valence-electron chi connectivity index (χ4n) is 1.13. The van der Waals surface area contributed by atoms with Gasteiger partial charge in [0.2, 0.25) is 5.91 Å². The van der Waals surface area contributed by atoms with Gasteiger partial charge >= 0.3 is 0 Å². The molecule has 0 atom stereocenters. The summed E-state index contributed by atoms with van der Waals surface area (Å²) in [6.45, 7) is 0.747. The van der Waals surface area contributed by atoms with Crippen molar-refractivity contribution in [1.29, 1.82) is 0 Å². The monoisotopic (exact) mass is 264 g/mol. The summed E-state index contributed by atoms with van der Waals surface area (Å²) in [4.78, 5) is 11.8. The van der Waals surface area contributed by atoms with Crippen LogP contribution in [0.2, 0.25) is 0 Å². The highest BCUT2D eigenvalue weighted by Gasteiger charge is 2.04. The molecule has 0 unspecified atom stereocenters. The first kappa shape index (κ1) is 14.0. The molecule has 1 aromatic heterocycles. The van der Waals surface area contributed by atoms with Crippen LogP contribution in [0.25, 0.3) is 0 Å². The maximum atomic E-state index is 11.7. The zero-order valence-electron chi connectivity index (χ0n) is 9.12. The fraction of sp³-hybridized carbons (Fsp3) is 0.500. The number of halogens is 2. The maximum Gasteiger partial charge on any atom is 0.261 e. The predicted molar refractivity (Wildman–Crippen MR) is 61.4 cm³/mol. The van der Waals surface area contributed by atoms with Crippen LogP contribution < -0.4 is 11.1 Å². The average molecular weight is 264 g/mol. The molecule has 0 aliphatic carbocycles. The largest absolute Gasteiger partial charge is 0.374 e. The first-order chi connectivity index (χ1) is 8.09. The van der Waals surface area contributed by atoms with Gasteiger partial charge in [0.1, 0.15) is 6.61 Å². The molecule has 1 rings (SSSR count). The van der Waals surface area contributed by atoms with Crippen LogP contribution in [0.15, 0.2) is 11.4 Å². The number of thiophene rings is 1. The topological polar surface area (TPSA) is 64.4 Å². The molecule has 3 N–H and O–H groups in total. The van der Waals surface area contributed by atoms with E-state index >= 15 is 0 Å². The molecule has 0 spiro atoms. The minimum atomic E-state index is -2.43. The lowest BCUT2D eigenvalue weighted by atomic mass is 10.3. The molecular formula is C10H14F2N2O2S. The Balaban J connectivity index is 2.11. The lowest BCUT2D eigenvalue weighted by Crippen LogP contribution is -2.20. The Labute approximate surface area is 102 Å². The quantitative estimate of drug-likeness (QED) is 0.694. The first-order valence-corrected chi connectivity index (χ1v) is 5.91. The molecule has 17 heavy (non-hydrogen) atoms. The van der Waals surface area contributed by atoms with Crippen LogP contribution in [0.4, 0.5) is 8.78 Å². The summed E-state index contributed by atoms with van der Waals surface area (Å²) in [6.07, 6.45) is -2.43. The number of hydrogen-bond donors (Lipinski definition) is 2. The molecular weight excluding hydrogens is 250 g/mol. The van der Waals surface area contributed by atoms with Gasteiger partial charge < -0.3 is 15.8 Å². The average Bonchev–Trinajstić information content (AvgIpc) is 2.71. The van der Waals surface area contributed by atoms with Gasteiger partial charge in [-0.25, -0.2) is 8.78 Å². The molecule has 7 heteroatoms. The second-order valence-corrected chi connectivity index (χ2v) is 4.30. The minimum Gasteiger partial charge on any atom is -0.374 e. The van der Waals surface area contributed by atoms with Crippen molar-refractivity contribution in [2.24, 2.45) is 5.73 Å². The van der Waals surface area contributed by atoms with Crippen LogP contribution in [-0.2, 0) is 11.3 Å². The van der Waals surface area contributed by atoms with E-state index in [1.54, 1.807) is 11.4 Å². The van der Waals surface area contributed by atoms with E-state index in [0.717, 1.165) is 4.88 Å². The summed E-state index contributed by atoms with van der Waals surface area (Å²) >= 11 is 1.42. The maximum absolute atomic E-state index is 11.7. The summed E-state index contributed by atoms with van der Waals surface area (Å²) < 4.78 is 28.1. The van der Waals surface area contributed by atoms with Gasteiger partial charge in [0.15, 0.2) is 0 Å². The second kappa shape index (κ2) is 7.31. The van der Waals surface area contributed by atoms with Gasteiger partial charge in [-0.2, -0.15) is 0 Å². The number of amides is 1. The van der Waals surface area contributed by atoms with E-state index in [2.05, 4.69) is 5.32 Å². The van der Waals surface area contributed by atoms with Crippen molar-refractivity contribution in [2.75, 3.05) is 19.8 Å². The number of nitrogens with one attached hydrogen (secondary N) is 1. The van der Waals surface area contributed by atoms with Gasteiger partial charge in [0.05, 0.1) is 12.2 Å². The molecule has 0 aliphatic rings. The molecule has 0 fully saturated rings. The number of ether oxygens (including phenoxy) is 1. The predicted octanol–water partition coefficient (Wildman–Crippen LogP) is 1.22. The molecule has 1 heterocycles. The van der Waals surface area contributed by atoms with Crippen molar-refractivity contribution in [3.63, 3.8) is 0 Å². The van der Waals surface area contributed by atoms with Crippen molar-refractivity contribution >= 4 is 17.2 Å². The third kappa shape index (κ3) is 5.71. The van der Waals surface area contributed by atoms with Gasteiger partial charge in [0, 0.05) is 23.3 Å². The summed E-state index contributed by atoms with van der Waals surface area (Å²) in [5.41, 5.74) is 5.59. The minimum absolute atomic E-state index is 0.235. The van der Waals surface area contributed by atoms with E-state index < -0.39 is 18.9 Å². The third-order valence-electron chi connectivity index (χ3n) is 1.90. The molecule has 0 radical (unpaired) electrons. The van der Waals surface area contributed by atoms with Crippen molar-refractivity contribution < 1.29 is 18.3 Å². The van der Waals surface area contributed by atoms with Crippen LogP contribution in [0, 0.1) is 0 Å². The van der Waals surface area contributed by atoms with Gasteiger partial charge in [-0.05, 0) is 6.07 Å². The number of rotatable bonds is 8. The molecule has 4 nitrogen and oxygen atoms in total. The van der Waals surface area contributed by atoms with Crippen LogP contribution in [0.5, 0.6) is 0 Å². The summed E-state index contributed by atoms with van der Waals surface area (Å²) in [5, 5.41) is 4.70. The summed E-state index contributed by atoms with van der Waals surface area (Å²) in [6, 6.07) is 1.71. The van der Waals surface area contributed by atoms with Crippen molar-refractivity contribution in [2.45, 2.75) is 13.0 Å². The Morgan fingerprint density at radius 3 is 2.94 bits per heavy atom. The standard InChI is InChI=1S/C10H14F2N2O2S/c11-9(12)5-16-2-1-14-4-8-3-7(6-17-8)10(13)15/h3,6,9,14H,1-2,4-5H2,(H2,13,15). The Kier molecular flexibility index (Phi) is 6.03. The molecule has 96 valence electrons. The van der Waals surface area contributed by atoms with Gasteiger partial charge in [0.25, 0.3) is 6.43 Å². The molecule has 0 bridgehead atoms. The highest BCUT2D eigenvalue weighted by molar-refractivity contribution is 7.10. The van der Waals surface area contributed by atoms with Crippen LogP contribution in [-0.4, -0.2) is 32.1 Å². The second-order valence-electron chi connectivity index (χ2n) is 3.31. The van der Waals surface area contributed by atoms with E-state index in [9.17, 15) is 13.6 Å². The molecule has 0 aromatic carbocycles. The Bertz CT molecular complexity index is 358. The Hall–Kier alpha value is -1.05. The van der Waals surface area contributed by atoms with E-state index in [0.29, 0.717) is 18.7 Å². The zero-order chi connectivity index (χ0) is 12.7. The molecule has 0 saturated carbocycles. The summed E-state index contributed by atoms with van der Waals surface area (Å²) in [7, 11) is 0. The van der Waals surface area contributed by atoms with E-state index in [-0.39, 0.29) is 6.61 Å². The first-order valence-electron chi connectivity index (χ1n) is 5.03. The highest BCUT2D eigenvalue weighted by atomic mass is 32.1. The number of nitrogens with two attached hydrogens (primary N) is 1. The summed E-state index contributed by atoms with van der Waals surface area (Å²) in [5.74, 6) is -0.451. The van der Waals surface area contributed by atoms with Gasteiger partial charge in [-0.3, -0.25) is 4.79 Å². The lowest BCUT2D eigenvalue weighted by Gasteiger charge is -2.04. The van der Waals surface area contributed by atoms with Gasteiger partial charge in [-0.15, -0.1) is 11.3 Å². The number of hydrogen-bond acceptors (Lipinski definition) is 4. The van der Waals surface area contributed by atoms with Gasteiger partial charge in [-0.1, -0.05) is 0 Å². The van der Waals surface area contributed by atoms with Crippen molar-refractivity contribution in [3.05, 3.63) is 21.9 Å². The van der Waals surface area contributed by atoms with Crippen LogP contribution in [0.1, 0.15) is 15.2 Å². The van der Waals surface area contributed by atoms with E-state index in [1.807, 2.05) is 0 Å². The molecule has 0 aliphatic heterocycles. The molecule has 0 saturated heterocycles. The smallest absolute Gasteiger partial charge is 0.261 e. The van der Waals surface area contributed by atoms with E-state index in [1.165, 1.54) is 11.3 Å². The Morgan fingerprint density at radius 1 is 1.59 bits per heavy atom. The Morgan fingerprint density at radius 2 is 2.35 bits per heavy atom. The lowest BCUT2D eigenvalue weighted by molar-refractivity contribution is 0.0187. The molecule has 1 aromatic rings. The van der Waals surface area contributed by atoms with Crippen LogP contribution >= 0.6 is 11.3 Å². The van der Waals surface area contributed by atoms with Crippen LogP contribution in [0.3, 0.4) is 0 Å². The number of alkyl halides is 2. The SMILES string of the molecule is NC(=O)c1csc(CNCCOCC(F)F)c1.